The maximum Gasteiger partial charge on any atom is 0.0487 e. The van der Waals surface area contributed by atoms with Crippen LogP contribution in [0.4, 0.5) is 5.69 Å². The highest BCUT2D eigenvalue weighted by molar-refractivity contribution is 14.1. The summed E-state index contributed by atoms with van der Waals surface area (Å²) in [4.78, 5) is 0. The van der Waals surface area contributed by atoms with Gasteiger partial charge in [0.1, 0.15) is 0 Å². The molecular weight excluding hydrogens is 389 g/mol. The lowest BCUT2D eigenvalue weighted by Gasteiger charge is -2.30. The molecule has 2 atom stereocenters. The molecule has 0 aromatic heterocycles. The van der Waals surface area contributed by atoms with Crippen molar-refractivity contribution in [1.82, 2.24) is 0 Å². The van der Waals surface area contributed by atoms with E-state index in [0.717, 1.165) is 5.92 Å². The Bertz CT molecular complexity index is 380. The van der Waals surface area contributed by atoms with E-state index in [0.29, 0.717) is 6.04 Å². The number of halogens is 2. The first-order chi connectivity index (χ1) is 8.19. The van der Waals surface area contributed by atoms with Crippen LogP contribution in [0.2, 0.25) is 0 Å². The Balaban J connectivity index is 2.00. The largest absolute Gasteiger partial charge is 0.381 e. The number of benzene rings is 1. The molecule has 0 saturated heterocycles. The summed E-state index contributed by atoms with van der Waals surface area (Å²) in [5, 5.41) is 3.69. The van der Waals surface area contributed by atoms with E-state index < -0.39 is 0 Å². The Kier molecular flexibility index (Phi) is 5.15. The van der Waals surface area contributed by atoms with E-state index in [1.54, 1.807) is 0 Å². The standard InChI is InChI=1S/C14H19BrIN/c1-2-10-4-3-5-12(8-10)17-14-7-6-11(16)9-13(14)15/h6-7,9-10,12,17H,2-5,8H2,1H3. The molecule has 2 rings (SSSR count). The second-order valence-corrected chi connectivity index (χ2v) is 7.01. The van der Waals surface area contributed by atoms with Crippen molar-refractivity contribution in [3.05, 3.63) is 26.2 Å². The molecule has 1 aliphatic carbocycles. The van der Waals surface area contributed by atoms with Gasteiger partial charge in [0.05, 0.1) is 0 Å². The van der Waals surface area contributed by atoms with Gasteiger partial charge in [-0.25, -0.2) is 0 Å². The van der Waals surface area contributed by atoms with E-state index in [2.05, 4.69) is 69.0 Å². The van der Waals surface area contributed by atoms with E-state index in [-0.39, 0.29) is 0 Å². The van der Waals surface area contributed by atoms with Crippen molar-refractivity contribution in [3.8, 4) is 0 Å². The maximum absolute atomic E-state index is 3.69. The molecule has 1 fully saturated rings. The molecule has 0 radical (unpaired) electrons. The van der Waals surface area contributed by atoms with Gasteiger partial charge in [-0.2, -0.15) is 0 Å². The Labute approximate surface area is 126 Å². The topological polar surface area (TPSA) is 12.0 Å². The molecular formula is C14H19BrIN. The van der Waals surface area contributed by atoms with Crippen LogP contribution in [0, 0.1) is 9.49 Å². The fourth-order valence-corrected chi connectivity index (χ4v) is 4.03. The van der Waals surface area contributed by atoms with Crippen LogP contribution in [-0.4, -0.2) is 6.04 Å². The van der Waals surface area contributed by atoms with E-state index in [4.69, 9.17) is 0 Å². The third-order valence-corrected chi connectivity index (χ3v) is 4.98. The van der Waals surface area contributed by atoms with Crippen LogP contribution >= 0.6 is 38.5 Å². The molecule has 1 nitrogen and oxygen atoms in total. The molecule has 2 unspecified atom stereocenters. The molecule has 0 heterocycles. The molecule has 3 heteroatoms. The van der Waals surface area contributed by atoms with Gasteiger partial charge in [-0.3, -0.25) is 0 Å². The lowest BCUT2D eigenvalue weighted by atomic mass is 9.84. The average molecular weight is 408 g/mol. The minimum atomic E-state index is 0.657. The van der Waals surface area contributed by atoms with Gasteiger partial charge in [0.15, 0.2) is 0 Å². The molecule has 0 amide bonds. The number of nitrogens with one attached hydrogen (secondary N) is 1. The van der Waals surface area contributed by atoms with Gasteiger partial charge in [-0.15, -0.1) is 0 Å². The molecule has 94 valence electrons. The molecule has 0 bridgehead atoms. The molecule has 1 aliphatic rings. The van der Waals surface area contributed by atoms with Crippen LogP contribution in [0.5, 0.6) is 0 Å². The molecule has 1 N–H and O–H groups in total. The number of hydrogen-bond donors (Lipinski definition) is 1. The fraction of sp³-hybridized carbons (Fsp3) is 0.571. The lowest BCUT2D eigenvalue weighted by molar-refractivity contribution is 0.327. The predicted octanol–water partition coefficient (Wildman–Crippen LogP) is 5.43. The Morgan fingerprint density at radius 2 is 2.24 bits per heavy atom. The minimum absolute atomic E-state index is 0.657. The van der Waals surface area contributed by atoms with Crippen LogP contribution < -0.4 is 5.32 Å². The molecule has 1 aromatic rings. The van der Waals surface area contributed by atoms with E-state index in [9.17, 15) is 0 Å². The average Bonchev–Trinajstić information content (AvgIpc) is 2.33. The Morgan fingerprint density at radius 3 is 2.94 bits per heavy atom. The van der Waals surface area contributed by atoms with Crippen molar-refractivity contribution in [2.45, 2.75) is 45.1 Å². The normalized spacial score (nSPS) is 24.6. The van der Waals surface area contributed by atoms with Crippen molar-refractivity contribution in [3.63, 3.8) is 0 Å². The van der Waals surface area contributed by atoms with Gasteiger partial charge in [0, 0.05) is 19.8 Å². The highest BCUT2D eigenvalue weighted by Crippen LogP contribution is 2.31. The third-order valence-electron chi connectivity index (χ3n) is 3.65. The van der Waals surface area contributed by atoms with Gasteiger partial charge >= 0.3 is 0 Å². The van der Waals surface area contributed by atoms with E-state index >= 15 is 0 Å². The number of rotatable bonds is 3. The highest BCUT2D eigenvalue weighted by atomic mass is 127. The summed E-state index contributed by atoms with van der Waals surface area (Å²) in [6.07, 6.45) is 6.76. The fourth-order valence-electron chi connectivity index (χ4n) is 2.62. The monoisotopic (exact) mass is 407 g/mol. The number of anilines is 1. The van der Waals surface area contributed by atoms with Gasteiger partial charge < -0.3 is 5.32 Å². The van der Waals surface area contributed by atoms with Crippen molar-refractivity contribution in [2.75, 3.05) is 5.32 Å². The van der Waals surface area contributed by atoms with Gasteiger partial charge in [-0.05, 0) is 75.5 Å². The van der Waals surface area contributed by atoms with Gasteiger partial charge in [0.2, 0.25) is 0 Å². The summed E-state index contributed by atoms with van der Waals surface area (Å²) >= 11 is 5.98. The summed E-state index contributed by atoms with van der Waals surface area (Å²) in [6.45, 7) is 2.31. The highest BCUT2D eigenvalue weighted by Gasteiger charge is 2.20. The SMILES string of the molecule is CCC1CCCC(Nc2ccc(I)cc2Br)C1. The predicted molar refractivity (Wildman–Crippen MR) is 86.5 cm³/mol. The smallest absolute Gasteiger partial charge is 0.0487 e. The molecule has 0 aliphatic heterocycles. The van der Waals surface area contributed by atoms with E-state index in [1.165, 1.54) is 45.8 Å². The minimum Gasteiger partial charge on any atom is -0.381 e. The first kappa shape index (κ1) is 13.7. The summed E-state index contributed by atoms with van der Waals surface area (Å²) in [6, 6.07) is 7.17. The third kappa shape index (κ3) is 3.85. The summed E-state index contributed by atoms with van der Waals surface area (Å²) < 4.78 is 2.46. The molecule has 17 heavy (non-hydrogen) atoms. The molecule has 0 spiro atoms. The van der Waals surface area contributed by atoms with Crippen LogP contribution in [0.25, 0.3) is 0 Å². The van der Waals surface area contributed by atoms with Gasteiger partial charge in [0.25, 0.3) is 0 Å². The van der Waals surface area contributed by atoms with Crippen LogP contribution in [0.3, 0.4) is 0 Å². The van der Waals surface area contributed by atoms with Crippen LogP contribution in [-0.2, 0) is 0 Å². The molecule has 1 aromatic carbocycles. The Hall–Kier alpha value is 0.230. The zero-order valence-corrected chi connectivity index (χ0v) is 13.9. The van der Waals surface area contributed by atoms with Crippen LogP contribution in [0.15, 0.2) is 22.7 Å². The van der Waals surface area contributed by atoms with Gasteiger partial charge in [-0.1, -0.05) is 26.2 Å². The first-order valence-corrected chi connectivity index (χ1v) is 8.27. The second kappa shape index (κ2) is 6.41. The zero-order chi connectivity index (χ0) is 12.3. The zero-order valence-electron chi connectivity index (χ0n) is 10.2. The lowest BCUT2D eigenvalue weighted by Crippen LogP contribution is -2.27. The first-order valence-electron chi connectivity index (χ1n) is 6.40. The quantitative estimate of drug-likeness (QED) is 0.658. The second-order valence-electron chi connectivity index (χ2n) is 4.91. The molecule has 1 saturated carbocycles. The van der Waals surface area contributed by atoms with Crippen LogP contribution in [0.1, 0.15) is 39.0 Å². The summed E-state index contributed by atoms with van der Waals surface area (Å²) in [5.74, 6) is 0.920. The van der Waals surface area contributed by atoms with Crippen molar-refractivity contribution >= 4 is 44.2 Å². The van der Waals surface area contributed by atoms with E-state index in [1.807, 2.05) is 0 Å². The van der Waals surface area contributed by atoms with Crippen molar-refractivity contribution in [2.24, 2.45) is 5.92 Å². The maximum atomic E-state index is 3.69. The van der Waals surface area contributed by atoms with Crippen molar-refractivity contribution in [1.29, 1.82) is 0 Å². The van der Waals surface area contributed by atoms with Crippen molar-refractivity contribution < 1.29 is 0 Å². The summed E-state index contributed by atoms with van der Waals surface area (Å²) in [7, 11) is 0. The summed E-state index contributed by atoms with van der Waals surface area (Å²) in [5.41, 5.74) is 1.24. The number of hydrogen-bond acceptors (Lipinski definition) is 1. The Morgan fingerprint density at radius 1 is 1.41 bits per heavy atom.